The number of hydrogen-bond donors (Lipinski definition) is 0. The van der Waals surface area contributed by atoms with E-state index in [4.69, 9.17) is 9.15 Å². The molecule has 1 aliphatic heterocycles. The summed E-state index contributed by atoms with van der Waals surface area (Å²) >= 11 is 0. The third kappa shape index (κ3) is 4.59. The van der Waals surface area contributed by atoms with Crippen LogP contribution in [0.2, 0.25) is 0 Å². The molecule has 4 heterocycles. The third-order valence-corrected chi connectivity index (χ3v) is 9.00. The first kappa shape index (κ1) is 26.6. The molecule has 0 bridgehead atoms. The Bertz CT molecular complexity index is 2340. The Morgan fingerprint density at radius 1 is 0.435 bits per heavy atom. The first-order valence-corrected chi connectivity index (χ1v) is 15.5. The van der Waals surface area contributed by atoms with Crippen LogP contribution in [0.25, 0.3) is 77.6 Å². The van der Waals surface area contributed by atoms with Crippen molar-refractivity contribution in [1.82, 2.24) is 9.97 Å². The van der Waals surface area contributed by atoms with Gasteiger partial charge in [-0.1, -0.05) is 72.8 Å². The summed E-state index contributed by atoms with van der Waals surface area (Å²) in [7, 11) is 0. The summed E-state index contributed by atoms with van der Waals surface area (Å²) in [5.41, 5.74) is 15.4. The van der Waals surface area contributed by atoms with Gasteiger partial charge in [0.25, 0.3) is 0 Å². The highest BCUT2D eigenvalue weighted by atomic mass is 16.5. The number of aromatic nitrogens is 2. The Kier molecular flexibility index (Phi) is 6.32. The maximum atomic E-state index is 6.41. The number of furan rings is 1. The summed E-state index contributed by atoms with van der Waals surface area (Å²) in [5.74, 6) is 0. The van der Waals surface area contributed by atoms with Crippen LogP contribution in [-0.4, -0.2) is 9.97 Å². The molecule has 4 heteroatoms. The van der Waals surface area contributed by atoms with Gasteiger partial charge >= 0.3 is 0 Å². The van der Waals surface area contributed by atoms with E-state index >= 15 is 0 Å². The van der Waals surface area contributed by atoms with Crippen LogP contribution < -0.4 is 0 Å². The second kappa shape index (κ2) is 11.0. The van der Waals surface area contributed by atoms with E-state index in [1.54, 1.807) is 0 Å². The van der Waals surface area contributed by atoms with Gasteiger partial charge in [-0.25, -0.2) is 0 Å². The fourth-order valence-corrected chi connectivity index (χ4v) is 6.69. The molecule has 0 amide bonds. The highest BCUT2D eigenvalue weighted by Gasteiger charge is 2.19. The van der Waals surface area contributed by atoms with Crippen LogP contribution in [0.1, 0.15) is 11.1 Å². The van der Waals surface area contributed by atoms with Gasteiger partial charge in [-0.2, -0.15) is 0 Å². The van der Waals surface area contributed by atoms with Crippen molar-refractivity contribution in [3.63, 3.8) is 0 Å². The molecule has 4 nitrogen and oxygen atoms in total. The van der Waals surface area contributed by atoms with E-state index in [2.05, 4.69) is 107 Å². The van der Waals surface area contributed by atoms with Crippen LogP contribution in [0.15, 0.2) is 151 Å². The van der Waals surface area contributed by atoms with Crippen LogP contribution in [0, 0.1) is 0 Å². The predicted molar refractivity (Wildman–Crippen MR) is 185 cm³/mol. The van der Waals surface area contributed by atoms with E-state index in [0.717, 1.165) is 66.4 Å². The Morgan fingerprint density at radius 2 is 1.04 bits per heavy atom. The molecular formula is C42H28N2O2. The monoisotopic (exact) mass is 592 g/mol. The Morgan fingerprint density at radius 3 is 1.72 bits per heavy atom. The SMILES string of the molecule is c1cncc(-c2cc(-c3cccnc3)cc(-c3ccc4c(c3)-c3cc(-c5cccc6c5oc5ccccc56)ccc3COC4)c2)c1. The minimum absolute atomic E-state index is 0.565. The number of nitrogens with zero attached hydrogens (tertiary/aromatic N) is 2. The molecule has 5 aromatic carbocycles. The molecule has 0 fully saturated rings. The summed E-state index contributed by atoms with van der Waals surface area (Å²) < 4.78 is 12.6. The Labute approximate surface area is 266 Å². The molecule has 3 aromatic heterocycles. The molecule has 0 unspecified atom stereocenters. The minimum atomic E-state index is 0.565. The molecule has 0 N–H and O–H groups in total. The van der Waals surface area contributed by atoms with Crippen molar-refractivity contribution < 1.29 is 9.15 Å². The van der Waals surface area contributed by atoms with E-state index in [1.807, 2.05) is 49.1 Å². The van der Waals surface area contributed by atoms with Gasteiger partial charge in [0.1, 0.15) is 11.2 Å². The number of rotatable bonds is 4. The zero-order valence-corrected chi connectivity index (χ0v) is 25.0. The summed E-state index contributed by atoms with van der Waals surface area (Å²) in [5, 5.41) is 2.27. The number of hydrogen-bond acceptors (Lipinski definition) is 4. The third-order valence-electron chi connectivity index (χ3n) is 9.00. The lowest BCUT2D eigenvalue weighted by Gasteiger charge is -2.15. The van der Waals surface area contributed by atoms with E-state index < -0.39 is 0 Å². The average molecular weight is 593 g/mol. The van der Waals surface area contributed by atoms with Gasteiger partial charge in [-0.15, -0.1) is 0 Å². The van der Waals surface area contributed by atoms with Crippen molar-refractivity contribution in [3.8, 4) is 55.6 Å². The largest absolute Gasteiger partial charge is 0.455 e. The van der Waals surface area contributed by atoms with Gasteiger partial charge in [-0.05, 0) is 98.6 Å². The van der Waals surface area contributed by atoms with Crippen molar-refractivity contribution in [3.05, 3.63) is 157 Å². The number of ether oxygens (including phenoxy) is 1. The lowest BCUT2D eigenvalue weighted by atomic mass is 9.89. The molecule has 0 aliphatic carbocycles. The van der Waals surface area contributed by atoms with E-state index in [9.17, 15) is 0 Å². The van der Waals surface area contributed by atoms with Crippen molar-refractivity contribution >= 4 is 21.9 Å². The topological polar surface area (TPSA) is 48.2 Å². The number of benzene rings is 5. The molecular weight excluding hydrogens is 564 g/mol. The number of pyridine rings is 2. The van der Waals surface area contributed by atoms with Crippen LogP contribution in [0.4, 0.5) is 0 Å². The molecule has 8 aromatic rings. The van der Waals surface area contributed by atoms with Gasteiger partial charge in [0.2, 0.25) is 0 Å². The summed E-state index contributed by atoms with van der Waals surface area (Å²) in [6.07, 6.45) is 7.45. The lowest BCUT2D eigenvalue weighted by molar-refractivity contribution is 0.110. The maximum Gasteiger partial charge on any atom is 0.143 e. The van der Waals surface area contributed by atoms with Gasteiger partial charge in [0.05, 0.1) is 13.2 Å². The first-order chi connectivity index (χ1) is 22.8. The van der Waals surface area contributed by atoms with E-state index in [-0.39, 0.29) is 0 Å². The fourth-order valence-electron chi connectivity index (χ4n) is 6.69. The summed E-state index contributed by atoms with van der Waals surface area (Å²) in [6.45, 7) is 1.13. The van der Waals surface area contributed by atoms with Gasteiger partial charge in [0, 0.05) is 52.3 Å². The number of fused-ring (bicyclic) bond motifs is 6. The molecule has 1 aliphatic rings. The van der Waals surface area contributed by atoms with Crippen LogP contribution in [-0.2, 0) is 18.0 Å². The summed E-state index contributed by atoms with van der Waals surface area (Å²) in [6, 6.07) is 43.0. The second-order valence-corrected chi connectivity index (χ2v) is 11.8. The standard InChI is InChI=1S/C42H28N2O2/c1-2-11-41-37(8-1)38-10-3-9-36(42(38)46-41)28-13-15-32-26-45-25-31-14-12-27(21-39(31)40(32)22-28)33-18-34(29-6-4-16-43-23-29)20-35(19-33)30-7-5-17-44-24-30/h1-24H,25-26H2. The Hall–Kier alpha value is -5.84. The zero-order chi connectivity index (χ0) is 30.5. The van der Waals surface area contributed by atoms with Crippen molar-refractivity contribution in [2.75, 3.05) is 0 Å². The molecule has 0 atom stereocenters. The van der Waals surface area contributed by atoms with Gasteiger partial charge in [0.15, 0.2) is 0 Å². The van der Waals surface area contributed by atoms with Gasteiger partial charge in [-0.3, -0.25) is 9.97 Å². The van der Waals surface area contributed by atoms with Crippen molar-refractivity contribution in [1.29, 1.82) is 0 Å². The van der Waals surface area contributed by atoms with Crippen molar-refractivity contribution in [2.45, 2.75) is 13.2 Å². The molecule has 46 heavy (non-hydrogen) atoms. The van der Waals surface area contributed by atoms with Gasteiger partial charge < -0.3 is 9.15 Å². The van der Waals surface area contributed by atoms with Crippen LogP contribution in [0.5, 0.6) is 0 Å². The minimum Gasteiger partial charge on any atom is -0.455 e. The van der Waals surface area contributed by atoms with Crippen LogP contribution >= 0.6 is 0 Å². The Balaban J connectivity index is 1.20. The lowest BCUT2D eigenvalue weighted by Crippen LogP contribution is -1.92. The molecule has 218 valence electrons. The molecule has 9 rings (SSSR count). The highest BCUT2D eigenvalue weighted by Crippen LogP contribution is 2.41. The number of para-hydroxylation sites is 2. The normalized spacial score (nSPS) is 12.5. The van der Waals surface area contributed by atoms with Crippen molar-refractivity contribution in [2.24, 2.45) is 0 Å². The smallest absolute Gasteiger partial charge is 0.143 e. The second-order valence-electron chi connectivity index (χ2n) is 11.8. The molecule has 0 saturated heterocycles. The first-order valence-electron chi connectivity index (χ1n) is 15.5. The molecule has 0 saturated carbocycles. The summed E-state index contributed by atoms with van der Waals surface area (Å²) in [4.78, 5) is 8.78. The molecule has 0 spiro atoms. The highest BCUT2D eigenvalue weighted by molar-refractivity contribution is 6.09. The zero-order valence-electron chi connectivity index (χ0n) is 25.0. The fraction of sp³-hybridized carbons (Fsp3) is 0.0476. The quantitative estimate of drug-likeness (QED) is 0.204. The average Bonchev–Trinajstić information content (AvgIpc) is 3.41. The van der Waals surface area contributed by atoms with E-state index in [0.29, 0.717) is 13.2 Å². The maximum absolute atomic E-state index is 6.41. The predicted octanol–water partition coefficient (Wildman–Crippen LogP) is 10.7. The van der Waals surface area contributed by atoms with Crippen LogP contribution in [0.3, 0.4) is 0 Å². The molecule has 0 radical (unpaired) electrons. The van der Waals surface area contributed by atoms with E-state index in [1.165, 1.54) is 22.3 Å².